The van der Waals surface area contributed by atoms with Crippen LogP contribution in [0.15, 0.2) is 36.4 Å². The molecule has 0 saturated heterocycles. The fourth-order valence-corrected chi connectivity index (χ4v) is 3.15. The Morgan fingerprint density at radius 2 is 1.95 bits per heavy atom. The molecule has 0 saturated carbocycles. The maximum Gasteiger partial charge on any atom is 0.165 e. The lowest BCUT2D eigenvalue weighted by Gasteiger charge is -2.17. The number of hydrogen-bond donors (Lipinski definition) is 1. The molecular formula is C18H20FNO2. The van der Waals surface area contributed by atoms with Gasteiger partial charge in [0.15, 0.2) is 11.5 Å². The molecule has 1 aliphatic carbocycles. The fourth-order valence-electron chi connectivity index (χ4n) is 3.15. The molecule has 0 radical (unpaired) electrons. The second-order valence-corrected chi connectivity index (χ2v) is 5.43. The smallest absolute Gasteiger partial charge is 0.165 e. The Morgan fingerprint density at radius 1 is 1.14 bits per heavy atom. The molecule has 0 fully saturated rings. The Hall–Kier alpha value is -2.07. The highest BCUT2D eigenvalue weighted by Gasteiger charge is 2.24. The third kappa shape index (κ3) is 2.66. The number of nitrogens with one attached hydrogen (secondary N) is 1. The first-order valence-corrected chi connectivity index (χ1v) is 7.45. The van der Waals surface area contributed by atoms with E-state index in [1.165, 1.54) is 6.07 Å². The molecule has 3 nitrogen and oxygen atoms in total. The molecule has 3 rings (SSSR count). The standard InChI is InChI=1S/C18H20FNO2/c1-21-17-8-3-5-12(18(17)22-2)11-20-16-10-9-13-14(16)6-4-7-15(13)19/h3-8,16,20H,9-11H2,1-2H3/t16-/m0/s1. The molecule has 2 aromatic carbocycles. The number of benzene rings is 2. The predicted molar refractivity (Wildman–Crippen MR) is 83.8 cm³/mol. The van der Waals surface area contributed by atoms with Crippen LogP contribution in [0.4, 0.5) is 4.39 Å². The lowest BCUT2D eigenvalue weighted by molar-refractivity contribution is 0.349. The van der Waals surface area contributed by atoms with Gasteiger partial charge >= 0.3 is 0 Å². The molecular weight excluding hydrogens is 281 g/mol. The molecule has 22 heavy (non-hydrogen) atoms. The van der Waals surface area contributed by atoms with Crippen molar-refractivity contribution in [1.29, 1.82) is 0 Å². The van der Waals surface area contributed by atoms with E-state index in [1.54, 1.807) is 20.3 Å². The average molecular weight is 301 g/mol. The molecule has 0 unspecified atom stereocenters. The zero-order valence-electron chi connectivity index (χ0n) is 12.9. The van der Waals surface area contributed by atoms with E-state index >= 15 is 0 Å². The molecule has 1 atom stereocenters. The van der Waals surface area contributed by atoms with Crippen LogP contribution < -0.4 is 14.8 Å². The van der Waals surface area contributed by atoms with Gasteiger partial charge in [-0.1, -0.05) is 24.3 Å². The Labute approximate surface area is 130 Å². The Kier molecular flexibility index (Phi) is 4.29. The van der Waals surface area contributed by atoms with Crippen LogP contribution in [0.5, 0.6) is 11.5 Å². The maximum absolute atomic E-state index is 13.8. The van der Waals surface area contributed by atoms with Crippen molar-refractivity contribution >= 4 is 0 Å². The normalized spacial score (nSPS) is 16.4. The third-order valence-electron chi connectivity index (χ3n) is 4.24. The highest BCUT2D eigenvalue weighted by molar-refractivity contribution is 5.46. The van der Waals surface area contributed by atoms with Crippen molar-refractivity contribution in [1.82, 2.24) is 5.32 Å². The summed E-state index contributed by atoms with van der Waals surface area (Å²) in [5.74, 6) is 1.37. The molecule has 1 N–H and O–H groups in total. The highest BCUT2D eigenvalue weighted by Crippen LogP contribution is 2.34. The van der Waals surface area contributed by atoms with E-state index in [4.69, 9.17) is 9.47 Å². The summed E-state index contributed by atoms with van der Waals surface area (Å²) in [5.41, 5.74) is 2.95. The van der Waals surface area contributed by atoms with E-state index in [-0.39, 0.29) is 11.9 Å². The number of hydrogen-bond acceptors (Lipinski definition) is 3. The number of rotatable bonds is 5. The van der Waals surface area contributed by atoms with E-state index in [9.17, 15) is 4.39 Å². The zero-order valence-corrected chi connectivity index (χ0v) is 12.9. The third-order valence-corrected chi connectivity index (χ3v) is 4.24. The largest absolute Gasteiger partial charge is 0.493 e. The minimum atomic E-state index is -0.0965. The molecule has 0 heterocycles. The second-order valence-electron chi connectivity index (χ2n) is 5.43. The first kappa shape index (κ1) is 14.9. The van der Waals surface area contributed by atoms with Crippen molar-refractivity contribution in [2.24, 2.45) is 0 Å². The van der Waals surface area contributed by atoms with Crippen molar-refractivity contribution < 1.29 is 13.9 Å². The minimum absolute atomic E-state index is 0.0965. The Bertz CT molecular complexity index is 672. The summed E-state index contributed by atoms with van der Waals surface area (Å²) < 4.78 is 24.5. The van der Waals surface area contributed by atoms with Gasteiger partial charge in [0.25, 0.3) is 0 Å². The molecule has 1 aliphatic rings. The zero-order chi connectivity index (χ0) is 15.5. The van der Waals surface area contributed by atoms with E-state index in [0.29, 0.717) is 6.54 Å². The van der Waals surface area contributed by atoms with Crippen molar-refractivity contribution in [3.63, 3.8) is 0 Å². The molecule has 0 amide bonds. The molecule has 0 bridgehead atoms. The van der Waals surface area contributed by atoms with Crippen molar-refractivity contribution in [2.75, 3.05) is 14.2 Å². The number of methoxy groups -OCH3 is 2. The first-order chi connectivity index (χ1) is 10.7. The van der Waals surface area contributed by atoms with Gasteiger partial charge in [0.1, 0.15) is 5.82 Å². The highest BCUT2D eigenvalue weighted by atomic mass is 19.1. The summed E-state index contributed by atoms with van der Waals surface area (Å²) >= 11 is 0. The van der Waals surface area contributed by atoms with Crippen molar-refractivity contribution in [2.45, 2.75) is 25.4 Å². The summed E-state index contributed by atoms with van der Waals surface area (Å²) in [6.07, 6.45) is 1.71. The molecule has 0 aliphatic heterocycles. The van der Waals surface area contributed by atoms with Crippen LogP contribution >= 0.6 is 0 Å². The van der Waals surface area contributed by atoms with Gasteiger partial charge < -0.3 is 14.8 Å². The van der Waals surface area contributed by atoms with Gasteiger partial charge in [-0.3, -0.25) is 0 Å². The van der Waals surface area contributed by atoms with Crippen LogP contribution in [0.3, 0.4) is 0 Å². The summed E-state index contributed by atoms with van der Waals surface area (Å²) in [6.45, 7) is 0.654. The molecule has 4 heteroatoms. The van der Waals surface area contributed by atoms with Crippen LogP contribution in [0.1, 0.15) is 29.2 Å². The quantitative estimate of drug-likeness (QED) is 0.915. The van der Waals surface area contributed by atoms with Crippen LogP contribution in [0.25, 0.3) is 0 Å². The Balaban J connectivity index is 1.77. The van der Waals surface area contributed by atoms with E-state index in [0.717, 1.165) is 41.0 Å². The van der Waals surface area contributed by atoms with Crippen LogP contribution in [-0.2, 0) is 13.0 Å². The maximum atomic E-state index is 13.8. The monoisotopic (exact) mass is 301 g/mol. The molecule has 0 aromatic heterocycles. The fraction of sp³-hybridized carbons (Fsp3) is 0.333. The predicted octanol–water partition coefficient (Wildman–Crippen LogP) is 3.62. The number of ether oxygens (including phenoxy) is 2. The van der Waals surface area contributed by atoms with Crippen LogP contribution in [0.2, 0.25) is 0 Å². The lowest BCUT2D eigenvalue weighted by atomic mass is 10.1. The number of para-hydroxylation sites is 1. The van der Waals surface area contributed by atoms with Gasteiger partial charge in [0, 0.05) is 18.2 Å². The molecule has 2 aromatic rings. The van der Waals surface area contributed by atoms with E-state index in [1.807, 2.05) is 24.3 Å². The second kappa shape index (κ2) is 6.36. The summed E-state index contributed by atoms with van der Waals surface area (Å²) in [4.78, 5) is 0. The van der Waals surface area contributed by atoms with Gasteiger partial charge in [-0.2, -0.15) is 0 Å². The number of halogens is 1. The van der Waals surface area contributed by atoms with Gasteiger partial charge in [-0.25, -0.2) is 4.39 Å². The summed E-state index contributed by atoms with van der Waals surface area (Å²) in [7, 11) is 3.27. The van der Waals surface area contributed by atoms with Crippen LogP contribution in [0, 0.1) is 5.82 Å². The topological polar surface area (TPSA) is 30.5 Å². The Morgan fingerprint density at radius 3 is 2.73 bits per heavy atom. The van der Waals surface area contributed by atoms with Gasteiger partial charge in [-0.15, -0.1) is 0 Å². The van der Waals surface area contributed by atoms with Gasteiger partial charge in [0.05, 0.1) is 14.2 Å². The van der Waals surface area contributed by atoms with Gasteiger partial charge in [-0.05, 0) is 36.1 Å². The molecule has 0 spiro atoms. The first-order valence-electron chi connectivity index (χ1n) is 7.45. The van der Waals surface area contributed by atoms with E-state index in [2.05, 4.69) is 5.32 Å². The average Bonchev–Trinajstić information content (AvgIpc) is 2.97. The summed E-state index contributed by atoms with van der Waals surface area (Å²) in [6, 6.07) is 11.3. The lowest BCUT2D eigenvalue weighted by Crippen LogP contribution is -2.19. The van der Waals surface area contributed by atoms with Crippen molar-refractivity contribution in [3.05, 3.63) is 58.9 Å². The van der Waals surface area contributed by atoms with Crippen molar-refractivity contribution in [3.8, 4) is 11.5 Å². The number of fused-ring (bicyclic) bond motifs is 1. The summed E-state index contributed by atoms with van der Waals surface area (Å²) in [5, 5.41) is 3.51. The molecule has 116 valence electrons. The van der Waals surface area contributed by atoms with Gasteiger partial charge in [0.2, 0.25) is 0 Å². The van der Waals surface area contributed by atoms with E-state index < -0.39 is 0 Å². The minimum Gasteiger partial charge on any atom is -0.493 e. The van der Waals surface area contributed by atoms with Crippen LogP contribution in [-0.4, -0.2) is 14.2 Å². The SMILES string of the molecule is COc1cccc(CN[C@H]2CCc3c(F)cccc32)c1OC.